The van der Waals surface area contributed by atoms with Crippen molar-refractivity contribution in [2.75, 3.05) is 31.7 Å². The largest absolute Gasteiger partial charge is 0.385 e. The maximum Gasteiger partial charge on any atom is 0.269 e. The van der Waals surface area contributed by atoms with Crippen LogP contribution in [0.4, 0.5) is 11.5 Å². The van der Waals surface area contributed by atoms with Crippen LogP contribution >= 0.6 is 0 Å². The zero-order chi connectivity index (χ0) is 16.8. The minimum Gasteiger partial charge on any atom is -0.385 e. The average molecular weight is 325 g/mol. The summed E-state index contributed by atoms with van der Waals surface area (Å²) in [6, 6.07) is 14.0. The van der Waals surface area contributed by atoms with Crippen molar-refractivity contribution in [3.8, 4) is 0 Å². The fourth-order valence-corrected chi connectivity index (χ4v) is 2.98. The maximum absolute atomic E-state index is 12.3. The smallest absolute Gasteiger partial charge is 0.269 e. The predicted octanol–water partition coefficient (Wildman–Crippen LogP) is 2.93. The first-order valence-corrected chi connectivity index (χ1v) is 8.39. The van der Waals surface area contributed by atoms with E-state index in [0.717, 1.165) is 31.6 Å². The number of carbonyl (C=O) groups is 1. The summed E-state index contributed by atoms with van der Waals surface area (Å²) in [5.41, 5.74) is 2.97. The summed E-state index contributed by atoms with van der Waals surface area (Å²) >= 11 is 0. The van der Waals surface area contributed by atoms with Gasteiger partial charge in [-0.15, -0.1) is 0 Å². The third kappa shape index (κ3) is 3.74. The number of benzene rings is 1. The molecular formula is C19H23N3O2. The van der Waals surface area contributed by atoms with E-state index < -0.39 is 0 Å². The number of pyridine rings is 1. The van der Waals surface area contributed by atoms with Crippen LogP contribution in [0.15, 0.2) is 42.5 Å². The molecule has 0 bridgehead atoms. The van der Waals surface area contributed by atoms with Gasteiger partial charge in [0.15, 0.2) is 0 Å². The number of aryl methyl sites for hydroxylation is 1. The average Bonchev–Trinajstić information content (AvgIpc) is 2.64. The third-order valence-corrected chi connectivity index (χ3v) is 4.16. The van der Waals surface area contributed by atoms with Crippen LogP contribution in [-0.4, -0.2) is 37.7 Å². The molecule has 5 nitrogen and oxygen atoms in total. The van der Waals surface area contributed by atoms with Crippen molar-refractivity contribution in [1.82, 2.24) is 10.3 Å². The summed E-state index contributed by atoms with van der Waals surface area (Å²) in [5, 5.41) is 2.88. The van der Waals surface area contributed by atoms with Crippen LogP contribution in [0.3, 0.4) is 0 Å². The molecular weight excluding hydrogens is 302 g/mol. The lowest BCUT2D eigenvalue weighted by Gasteiger charge is -2.30. The van der Waals surface area contributed by atoms with Crippen molar-refractivity contribution in [1.29, 1.82) is 0 Å². The number of hydrogen-bond acceptors (Lipinski definition) is 4. The number of fused-ring (bicyclic) bond motifs is 1. The number of nitrogens with one attached hydrogen (secondary N) is 1. The van der Waals surface area contributed by atoms with Gasteiger partial charge in [0.2, 0.25) is 0 Å². The van der Waals surface area contributed by atoms with E-state index in [9.17, 15) is 4.79 Å². The van der Waals surface area contributed by atoms with E-state index >= 15 is 0 Å². The molecule has 0 spiro atoms. The van der Waals surface area contributed by atoms with Crippen LogP contribution in [0.2, 0.25) is 0 Å². The predicted molar refractivity (Wildman–Crippen MR) is 94.8 cm³/mol. The van der Waals surface area contributed by atoms with E-state index in [1.54, 1.807) is 13.2 Å². The molecule has 1 aliphatic heterocycles. The Balaban J connectivity index is 1.75. The molecule has 2 heterocycles. The molecule has 2 aromatic rings. The minimum atomic E-state index is -0.141. The second kappa shape index (κ2) is 7.93. The molecule has 24 heavy (non-hydrogen) atoms. The van der Waals surface area contributed by atoms with Gasteiger partial charge in [-0.1, -0.05) is 24.3 Å². The Hall–Kier alpha value is -2.40. The van der Waals surface area contributed by atoms with Gasteiger partial charge >= 0.3 is 0 Å². The van der Waals surface area contributed by atoms with Crippen molar-refractivity contribution in [3.63, 3.8) is 0 Å². The Morgan fingerprint density at radius 3 is 3.00 bits per heavy atom. The molecule has 126 valence electrons. The standard InChI is InChI=1S/C19H23N3O2/c1-24-14-6-12-20-19(23)16-9-4-11-18(21-16)22-13-5-8-15-7-2-3-10-17(15)22/h2-4,7,9-11H,5-6,8,12-14H2,1H3,(H,20,23). The normalized spacial score (nSPS) is 13.5. The van der Waals surface area contributed by atoms with Crippen molar-refractivity contribution in [2.24, 2.45) is 0 Å². The highest BCUT2D eigenvalue weighted by Gasteiger charge is 2.19. The first-order valence-electron chi connectivity index (χ1n) is 8.39. The second-order valence-electron chi connectivity index (χ2n) is 5.87. The maximum atomic E-state index is 12.3. The Morgan fingerprint density at radius 1 is 1.25 bits per heavy atom. The van der Waals surface area contributed by atoms with Gasteiger partial charge in [-0.05, 0) is 43.0 Å². The van der Waals surface area contributed by atoms with Crippen LogP contribution in [0.1, 0.15) is 28.9 Å². The summed E-state index contributed by atoms with van der Waals surface area (Å²) in [4.78, 5) is 19.0. The van der Waals surface area contributed by atoms with E-state index in [4.69, 9.17) is 4.74 Å². The molecule has 1 N–H and O–H groups in total. The zero-order valence-corrected chi connectivity index (χ0v) is 14.0. The number of carbonyl (C=O) groups excluding carboxylic acids is 1. The molecule has 0 saturated carbocycles. The summed E-state index contributed by atoms with van der Waals surface area (Å²) in [7, 11) is 1.66. The fourth-order valence-electron chi connectivity index (χ4n) is 2.98. The minimum absolute atomic E-state index is 0.141. The lowest BCUT2D eigenvalue weighted by atomic mass is 10.0. The third-order valence-electron chi connectivity index (χ3n) is 4.16. The molecule has 0 fully saturated rings. The van der Waals surface area contributed by atoms with Crippen molar-refractivity contribution in [3.05, 3.63) is 53.7 Å². The quantitative estimate of drug-likeness (QED) is 0.830. The van der Waals surface area contributed by atoms with Gasteiger partial charge in [-0.25, -0.2) is 4.98 Å². The summed E-state index contributed by atoms with van der Waals surface area (Å²) in [6.07, 6.45) is 2.97. The Labute approximate surface area is 142 Å². The highest BCUT2D eigenvalue weighted by atomic mass is 16.5. The molecule has 0 radical (unpaired) electrons. The molecule has 0 aliphatic carbocycles. The van der Waals surface area contributed by atoms with Crippen LogP contribution < -0.4 is 10.2 Å². The summed E-state index contributed by atoms with van der Waals surface area (Å²) in [6.45, 7) is 2.15. The van der Waals surface area contributed by atoms with Crippen molar-refractivity contribution >= 4 is 17.4 Å². The number of aromatic nitrogens is 1. The van der Waals surface area contributed by atoms with Gasteiger partial charge in [0, 0.05) is 32.5 Å². The summed E-state index contributed by atoms with van der Waals surface area (Å²) < 4.78 is 4.99. The number of amides is 1. The van der Waals surface area contributed by atoms with Crippen molar-refractivity contribution < 1.29 is 9.53 Å². The Bertz CT molecular complexity index is 703. The molecule has 3 rings (SSSR count). The second-order valence-corrected chi connectivity index (χ2v) is 5.87. The molecule has 0 atom stereocenters. The number of anilines is 2. The topological polar surface area (TPSA) is 54.5 Å². The molecule has 0 saturated heterocycles. The van der Waals surface area contributed by atoms with E-state index in [1.807, 2.05) is 18.2 Å². The van der Waals surface area contributed by atoms with E-state index in [1.165, 1.54) is 11.3 Å². The summed E-state index contributed by atoms with van der Waals surface area (Å²) in [5.74, 6) is 0.685. The first-order chi connectivity index (χ1) is 11.8. The highest BCUT2D eigenvalue weighted by molar-refractivity contribution is 5.92. The number of para-hydroxylation sites is 1. The fraction of sp³-hybridized carbons (Fsp3) is 0.368. The van der Waals surface area contributed by atoms with E-state index in [0.29, 0.717) is 18.8 Å². The van der Waals surface area contributed by atoms with E-state index in [2.05, 4.69) is 33.4 Å². The Kier molecular flexibility index (Phi) is 5.43. The van der Waals surface area contributed by atoms with Crippen LogP contribution in [0.5, 0.6) is 0 Å². The number of nitrogens with zero attached hydrogens (tertiary/aromatic N) is 2. The number of hydrogen-bond donors (Lipinski definition) is 1. The lowest BCUT2D eigenvalue weighted by Crippen LogP contribution is -2.28. The number of rotatable bonds is 6. The molecule has 0 unspecified atom stereocenters. The van der Waals surface area contributed by atoms with Gasteiger partial charge in [0.05, 0.1) is 0 Å². The van der Waals surface area contributed by atoms with Gasteiger partial charge < -0.3 is 15.0 Å². The SMILES string of the molecule is COCCCNC(=O)c1cccc(N2CCCc3ccccc32)n1. The monoisotopic (exact) mass is 325 g/mol. The van der Waals surface area contributed by atoms with Crippen molar-refractivity contribution in [2.45, 2.75) is 19.3 Å². The molecule has 1 amide bonds. The number of methoxy groups -OCH3 is 1. The highest BCUT2D eigenvalue weighted by Crippen LogP contribution is 2.32. The molecule has 1 aromatic heterocycles. The van der Waals surface area contributed by atoms with Gasteiger partial charge in [-0.3, -0.25) is 4.79 Å². The van der Waals surface area contributed by atoms with Crippen LogP contribution in [-0.2, 0) is 11.2 Å². The van der Waals surface area contributed by atoms with Gasteiger partial charge in [-0.2, -0.15) is 0 Å². The van der Waals surface area contributed by atoms with Gasteiger partial charge in [0.1, 0.15) is 11.5 Å². The number of ether oxygens (including phenoxy) is 1. The first kappa shape index (κ1) is 16.5. The van der Waals surface area contributed by atoms with Crippen LogP contribution in [0.25, 0.3) is 0 Å². The molecule has 1 aromatic carbocycles. The molecule has 5 heteroatoms. The van der Waals surface area contributed by atoms with E-state index in [-0.39, 0.29) is 5.91 Å². The molecule has 1 aliphatic rings. The Morgan fingerprint density at radius 2 is 2.12 bits per heavy atom. The zero-order valence-electron chi connectivity index (χ0n) is 14.0. The van der Waals surface area contributed by atoms with Crippen LogP contribution in [0, 0.1) is 0 Å². The van der Waals surface area contributed by atoms with Gasteiger partial charge in [0.25, 0.3) is 5.91 Å². The lowest BCUT2D eigenvalue weighted by molar-refractivity contribution is 0.0943.